The van der Waals surface area contributed by atoms with Gasteiger partial charge in [-0.1, -0.05) is 17.7 Å². The van der Waals surface area contributed by atoms with E-state index in [4.69, 9.17) is 11.6 Å². The van der Waals surface area contributed by atoms with Crippen LogP contribution in [0.1, 0.15) is 12.5 Å². The van der Waals surface area contributed by atoms with Crippen molar-refractivity contribution in [2.24, 2.45) is 0 Å². The summed E-state index contributed by atoms with van der Waals surface area (Å²) in [6, 6.07) is 3.88. The smallest absolute Gasteiger partial charge is 0.264 e. The minimum Gasteiger partial charge on any atom is -0.353 e. The molecule has 0 aliphatic carbocycles. The molecule has 1 saturated heterocycles. The van der Waals surface area contributed by atoms with Crippen LogP contribution in [-0.4, -0.2) is 26.6 Å². The monoisotopic (exact) mass is 285 g/mol. The van der Waals surface area contributed by atoms with E-state index >= 15 is 0 Å². The maximum atomic E-state index is 10.6. The number of nitrogens with zero attached hydrogens (tertiary/aromatic N) is 3. The fourth-order valence-corrected chi connectivity index (χ4v) is 3.00. The van der Waals surface area contributed by atoms with Gasteiger partial charge in [0.05, 0.1) is 4.92 Å². The maximum absolute atomic E-state index is 10.6. The van der Waals surface area contributed by atoms with Crippen LogP contribution in [0.5, 0.6) is 0 Å². The second kappa shape index (κ2) is 5.58. The largest absolute Gasteiger partial charge is 0.353 e. The number of aromatic nitrogens is 1. The number of hydrogen-bond donors (Lipinski definition) is 0. The van der Waals surface area contributed by atoms with Crippen LogP contribution >= 0.6 is 23.4 Å². The van der Waals surface area contributed by atoms with Gasteiger partial charge in [0, 0.05) is 24.5 Å². The lowest BCUT2D eigenvalue weighted by Gasteiger charge is -2.22. The molecule has 18 heavy (non-hydrogen) atoms. The van der Waals surface area contributed by atoms with E-state index in [0.29, 0.717) is 16.7 Å². The Labute approximate surface area is 114 Å². The maximum Gasteiger partial charge on any atom is 0.264 e. The highest BCUT2D eigenvalue weighted by molar-refractivity contribution is 8.03. The van der Waals surface area contributed by atoms with Crippen molar-refractivity contribution in [3.8, 4) is 0 Å². The molecule has 0 spiro atoms. The highest BCUT2D eigenvalue weighted by atomic mass is 35.5. The lowest BCUT2D eigenvalue weighted by atomic mass is 10.2. The molecule has 1 aromatic heterocycles. The fourth-order valence-electron chi connectivity index (χ4n) is 1.73. The van der Waals surface area contributed by atoms with Gasteiger partial charge in [-0.2, -0.15) is 0 Å². The Hall–Kier alpha value is -1.27. The van der Waals surface area contributed by atoms with Crippen LogP contribution in [0.3, 0.4) is 0 Å². The van der Waals surface area contributed by atoms with E-state index in [9.17, 15) is 10.1 Å². The summed E-state index contributed by atoms with van der Waals surface area (Å²) in [5, 5.41) is 11.7. The van der Waals surface area contributed by atoms with Crippen LogP contribution in [0.15, 0.2) is 29.6 Å². The van der Waals surface area contributed by atoms with E-state index < -0.39 is 4.92 Å². The first-order valence-corrected chi connectivity index (χ1v) is 6.78. The molecule has 5 nitrogen and oxygen atoms in total. The van der Waals surface area contributed by atoms with Crippen LogP contribution < -0.4 is 0 Å². The van der Waals surface area contributed by atoms with Crippen molar-refractivity contribution >= 4 is 23.4 Å². The molecule has 96 valence electrons. The number of thioether (sulfide) groups is 1. The minimum absolute atomic E-state index is 0.275. The number of halogens is 1. The normalized spacial score (nSPS) is 21.6. The van der Waals surface area contributed by atoms with Gasteiger partial charge >= 0.3 is 0 Å². The van der Waals surface area contributed by atoms with Gasteiger partial charge in [0.2, 0.25) is 0 Å². The van der Waals surface area contributed by atoms with Gasteiger partial charge in [0.25, 0.3) is 6.20 Å². The second-order valence-corrected chi connectivity index (χ2v) is 5.46. The Kier molecular flexibility index (Phi) is 4.08. The lowest BCUT2D eigenvalue weighted by molar-refractivity contribution is -0.403. The highest BCUT2D eigenvalue weighted by Gasteiger charge is 2.27. The Bertz CT molecular complexity index is 478. The van der Waals surface area contributed by atoms with Crippen molar-refractivity contribution in [1.29, 1.82) is 0 Å². The molecule has 0 saturated carbocycles. The predicted octanol–water partition coefficient (Wildman–Crippen LogP) is 2.75. The zero-order valence-corrected chi connectivity index (χ0v) is 11.3. The summed E-state index contributed by atoms with van der Waals surface area (Å²) in [7, 11) is 0. The average molecular weight is 286 g/mol. The van der Waals surface area contributed by atoms with Crippen molar-refractivity contribution < 1.29 is 4.92 Å². The third-order valence-corrected chi connectivity index (χ3v) is 4.15. The fraction of sp³-hybridized carbons (Fsp3) is 0.364. The van der Waals surface area contributed by atoms with E-state index in [1.54, 1.807) is 12.3 Å². The minimum atomic E-state index is -0.409. The summed E-state index contributed by atoms with van der Waals surface area (Å²) in [6.07, 6.45) is 2.76. The molecule has 1 aliphatic rings. The summed E-state index contributed by atoms with van der Waals surface area (Å²) in [6.45, 7) is 2.66. The SMILES string of the molecule is CC1CSC(=C[N+](=O)[O-])N1Cc1ccc(Cl)nc1. The van der Waals surface area contributed by atoms with E-state index in [1.807, 2.05) is 11.0 Å². The van der Waals surface area contributed by atoms with Gasteiger partial charge in [-0.3, -0.25) is 10.1 Å². The Balaban J connectivity index is 2.15. The number of pyridine rings is 1. The first-order chi connectivity index (χ1) is 8.56. The van der Waals surface area contributed by atoms with E-state index in [1.165, 1.54) is 11.8 Å². The van der Waals surface area contributed by atoms with Crippen LogP contribution in [0.4, 0.5) is 0 Å². The molecular weight excluding hydrogens is 274 g/mol. The summed E-state index contributed by atoms with van der Waals surface area (Å²) in [5.74, 6) is 0.862. The summed E-state index contributed by atoms with van der Waals surface area (Å²) in [5.41, 5.74) is 0.989. The standard InChI is InChI=1S/C11H12ClN3O2S/c1-8-7-18-11(6-15(16)17)14(8)5-9-2-3-10(12)13-4-9/h2-4,6,8H,5,7H2,1H3. The van der Waals surface area contributed by atoms with Gasteiger partial charge in [0.15, 0.2) is 0 Å². The Morgan fingerprint density at radius 3 is 3.11 bits per heavy atom. The number of nitro groups is 1. The van der Waals surface area contributed by atoms with Crippen molar-refractivity contribution in [2.45, 2.75) is 19.5 Å². The van der Waals surface area contributed by atoms with Gasteiger partial charge < -0.3 is 4.90 Å². The zero-order valence-electron chi connectivity index (χ0n) is 9.75. The molecule has 0 aromatic carbocycles. The molecule has 0 radical (unpaired) electrons. The third-order valence-electron chi connectivity index (χ3n) is 2.64. The second-order valence-electron chi connectivity index (χ2n) is 4.03. The van der Waals surface area contributed by atoms with Crippen LogP contribution in [0.25, 0.3) is 0 Å². The number of hydrogen-bond acceptors (Lipinski definition) is 5. The van der Waals surface area contributed by atoms with E-state index in [2.05, 4.69) is 11.9 Å². The number of rotatable bonds is 3. The van der Waals surface area contributed by atoms with Gasteiger partial charge in [-0.15, -0.1) is 11.8 Å². The molecule has 1 aromatic rings. The Morgan fingerprint density at radius 1 is 1.72 bits per heavy atom. The first kappa shape index (κ1) is 13.2. The summed E-state index contributed by atoms with van der Waals surface area (Å²) in [4.78, 5) is 16.2. The molecule has 1 atom stereocenters. The topological polar surface area (TPSA) is 59.3 Å². The van der Waals surface area contributed by atoms with Crippen molar-refractivity contribution in [1.82, 2.24) is 9.88 Å². The van der Waals surface area contributed by atoms with E-state index in [0.717, 1.165) is 17.5 Å². The van der Waals surface area contributed by atoms with Crippen molar-refractivity contribution in [2.75, 3.05) is 5.75 Å². The lowest BCUT2D eigenvalue weighted by Crippen LogP contribution is -2.26. The Morgan fingerprint density at radius 2 is 2.50 bits per heavy atom. The highest BCUT2D eigenvalue weighted by Crippen LogP contribution is 2.33. The van der Waals surface area contributed by atoms with Crippen LogP contribution in [0.2, 0.25) is 5.15 Å². The molecule has 2 heterocycles. The zero-order chi connectivity index (χ0) is 13.1. The quantitative estimate of drug-likeness (QED) is 0.485. The molecule has 2 rings (SSSR count). The summed E-state index contributed by atoms with van der Waals surface area (Å²) >= 11 is 7.23. The molecule has 1 aliphatic heterocycles. The van der Waals surface area contributed by atoms with Gasteiger partial charge in [-0.25, -0.2) is 4.98 Å². The van der Waals surface area contributed by atoms with Gasteiger partial charge in [0.1, 0.15) is 10.2 Å². The molecular formula is C11H12ClN3O2S. The van der Waals surface area contributed by atoms with Crippen molar-refractivity contribution in [3.05, 3.63) is 50.4 Å². The van der Waals surface area contributed by atoms with Crippen molar-refractivity contribution in [3.63, 3.8) is 0 Å². The van der Waals surface area contributed by atoms with Gasteiger partial charge in [-0.05, 0) is 18.6 Å². The summed E-state index contributed by atoms with van der Waals surface area (Å²) < 4.78 is 0. The predicted molar refractivity (Wildman–Crippen MR) is 71.8 cm³/mol. The third kappa shape index (κ3) is 3.14. The molecule has 7 heteroatoms. The molecule has 1 fully saturated rings. The molecule has 0 bridgehead atoms. The molecule has 0 amide bonds. The first-order valence-electron chi connectivity index (χ1n) is 5.41. The van der Waals surface area contributed by atoms with Crippen LogP contribution in [-0.2, 0) is 6.54 Å². The van der Waals surface area contributed by atoms with Crippen LogP contribution in [0, 0.1) is 10.1 Å². The molecule has 1 unspecified atom stereocenters. The average Bonchev–Trinajstić information content (AvgIpc) is 2.64. The van der Waals surface area contributed by atoms with E-state index in [-0.39, 0.29) is 6.04 Å². The molecule has 0 N–H and O–H groups in total.